The lowest BCUT2D eigenvalue weighted by Crippen LogP contribution is -2.40. The van der Waals surface area contributed by atoms with Crippen molar-refractivity contribution in [3.05, 3.63) is 79.1 Å². The summed E-state index contributed by atoms with van der Waals surface area (Å²) in [5.41, 5.74) is 3.64. The van der Waals surface area contributed by atoms with Crippen molar-refractivity contribution in [2.75, 3.05) is 11.9 Å². The molecule has 5 rings (SSSR count). The zero-order valence-electron chi connectivity index (χ0n) is 14.9. The Morgan fingerprint density at radius 1 is 0.964 bits per heavy atom. The van der Waals surface area contributed by atoms with Crippen LogP contribution >= 0.6 is 0 Å². The van der Waals surface area contributed by atoms with Crippen molar-refractivity contribution < 1.29 is 14.3 Å². The summed E-state index contributed by atoms with van der Waals surface area (Å²) in [7, 11) is 0. The molecule has 2 heterocycles. The third-order valence-electron chi connectivity index (χ3n) is 4.67. The number of hydrogen-bond acceptors (Lipinski definition) is 4. The highest BCUT2D eigenvalue weighted by molar-refractivity contribution is 5.94. The van der Waals surface area contributed by atoms with Crippen LogP contribution in [-0.4, -0.2) is 28.2 Å². The molecular formula is C22H17N3O3. The van der Waals surface area contributed by atoms with Gasteiger partial charge in [0.05, 0.1) is 11.0 Å². The fourth-order valence-corrected chi connectivity index (χ4v) is 3.24. The number of imidazole rings is 1. The van der Waals surface area contributed by atoms with Gasteiger partial charge in [-0.3, -0.25) is 9.36 Å². The number of hydrogen-bond donors (Lipinski definition) is 1. The van der Waals surface area contributed by atoms with Crippen LogP contribution in [0.1, 0.15) is 0 Å². The molecule has 4 aromatic rings. The number of carbonyl (C=O) groups excluding carboxylic acids is 1. The van der Waals surface area contributed by atoms with Crippen LogP contribution in [0.2, 0.25) is 0 Å². The number of nitrogens with zero attached hydrogens (tertiary/aromatic N) is 2. The number of para-hydroxylation sites is 4. The van der Waals surface area contributed by atoms with Gasteiger partial charge in [0.15, 0.2) is 11.5 Å². The maximum Gasteiger partial charge on any atom is 0.269 e. The van der Waals surface area contributed by atoms with Crippen molar-refractivity contribution in [3.8, 4) is 17.2 Å². The van der Waals surface area contributed by atoms with Crippen molar-refractivity contribution in [2.24, 2.45) is 0 Å². The second-order valence-electron chi connectivity index (χ2n) is 6.50. The van der Waals surface area contributed by atoms with Gasteiger partial charge in [-0.2, -0.15) is 0 Å². The van der Waals surface area contributed by atoms with E-state index < -0.39 is 6.10 Å². The molecule has 138 valence electrons. The van der Waals surface area contributed by atoms with E-state index in [2.05, 4.69) is 10.3 Å². The van der Waals surface area contributed by atoms with E-state index in [0.29, 0.717) is 17.2 Å². The molecule has 0 spiro atoms. The Kier molecular flexibility index (Phi) is 3.94. The summed E-state index contributed by atoms with van der Waals surface area (Å²) in [6, 6.07) is 22.9. The van der Waals surface area contributed by atoms with Gasteiger partial charge in [0, 0.05) is 11.4 Å². The molecule has 1 amide bonds. The molecule has 6 heteroatoms. The van der Waals surface area contributed by atoms with Crippen molar-refractivity contribution in [3.63, 3.8) is 0 Å². The molecule has 28 heavy (non-hydrogen) atoms. The summed E-state index contributed by atoms with van der Waals surface area (Å²) in [6.07, 6.45) is 1.11. The van der Waals surface area contributed by atoms with Crippen molar-refractivity contribution in [2.45, 2.75) is 6.10 Å². The summed E-state index contributed by atoms with van der Waals surface area (Å²) in [4.78, 5) is 16.9. The Morgan fingerprint density at radius 2 is 1.71 bits per heavy atom. The van der Waals surface area contributed by atoms with Crippen LogP contribution in [0.25, 0.3) is 16.7 Å². The highest BCUT2D eigenvalue weighted by atomic mass is 16.6. The van der Waals surface area contributed by atoms with E-state index in [9.17, 15) is 4.79 Å². The third kappa shape index (κ3) is 2.95. The van der Waals surface area contributed by atoms with Gasteiger partial charge >= 0.3 is 0 Å². The van der Waals surface area contributed by atoms with Gasteiger partial charge in [0.25, 0.3) is 5.91 Å². The smallest absolute Gasteiger partial charge is 0.269 e. The number of carbonyl (C=O) groups is 1. The van der Waals surface area contributed by atoms with Gasteiger partial charge in [-0.1, -0.05) is 24.3 Å². The number of amides is 1. The molecule has 1 N–H and O–H groups in total. The van der Waals surface area contributed by atoms with Crippen LogP contribution in [0.3, 0.4) is 0 Å². The number of nitrogens with one attached hydrogen (secondary N) is 1. The lowest BCUT2D eigenvalue weighted by Gasteiger charge is -2.25. The fourth-order valence-electron chi connectivity index (χ4n) is 3.24. The van der Waals surface area contributed by atoms with E-state index >= 15 is 0 Å². The van der Waals surface area contributed by atoms with E-state index in [-0.39, 0.29) is 12.5 Å². The summed E-state index contributed by atoms with van der Waals surface area (Å²) >= 11 is 0. The molecule has 0 saturated heterocycles. The van der Waals surface area contributed by atoms with E-state index in [1.807, 2.05) is 71.3 Å². The van der Waals surface area contributed by atoms with Crippen LogP contribution in [0.15, 0.2) is 79.1 Å². The second kappa shape index (κ2) is 6.74. The van der Waals surface area contributed by atoms with Gasteiger partial charge in [-0.05, 0) is 48.5 Å². The number of anilines is 1. The molecule has 6 nitrogen and oxygen atoms in total. The Hall–Kier alpha value is -3.80. The molecule has 0 radical (unpaired) electrons. The van der Waals surface area contributed by atoms with E-state index in [0.717, 1.165) is 16.7 Å². The lowest BCUT2D eigenvalue weighted by molar-refractivity contribution is -0.125. The Balaban J connectivity index is 1.31. The molecule has 1 aliphatic heterocycles. The maximum absolute atomic E-state index is 12.5. The molecule has 0 fully saturated rings. The molecule has 0 bridgehead atoms. The van der Waals surface area contributed by atoms with Crippen LogP contribution in [0.5, 0.6) is 11.5 Å². The number of rotatable bonds is 3. The van der Waals surface area contributed by atoms with Crippen LogP contribution in [-0.2, 0) is 4.79 Å². The minimum Gasteiger partial charge on any atom is -0.485 e. The van der Waals surface area contributed by atoms with Gasteiger partial charge in [-0.15, -0.1) is 0 Å². The first-order valence-corrected chi connectivity index (χ1v) is 9.00. The van der Waals surface area contributed by atoms with E-state index in [1.165, 1.54) is 0 Å². The first-order valence-electron chi connectivity index (χ1n) is 9.00. The molecule has 1 atom stereocenters. The lowest BCUT2D eigenvalue weighted by atomic mass is 10.2. The first-order chi connectivity index (χ1) is 13.8. The summed E-state index contributed by atoms with van der Waals surface area (Å²) in [5.74, 6) is 0.995. The minimum atomic E-state index is -0.688. The second-order valence-corrected chi connectivity index (χ2v) is 6.50. The predicted octanol–water partition coefficient (Wildman–Crippen LogP) is 3.80. The monoisotopic (exact) mass is 371 g/mol. The van der Waals surface area contributed by atoms with Gasteiger partial charge < -0.3 is 14.8 Å². The highest BCUT2D eigenvalue weighted by Gasteiger charge is 2.27. The SMILES string of the molecule is O=C(Nc1ccc(-n2cnc3ccccc32)cc1)C1COc2ccccc2O1. The molecule has 0 aliphatic carbocycles. The van der Waals surface area contributed by atoms with E-state index in [4.69, 9.17) is 9.47 Å². The predicted molar refractivity (Wildman–Crippen MR) is 106 cm³/mol. The summed E-state index contributed by atoms with van der Waals surface area (Å²) in [5, 5.41) is 2.88. The van der Waals surface area contributed by atoms with Crippen LogP contribution < -0.4 is 14.8 Å². The number of benzene rings is 3. The van der Waals surface area contributed by atoms with Crippen LogP contribution in [0, 0.1) is 0 Å². The molecule has 1 aromatic heterocycles. The molecule has 0 saturated carbocycles. The van der Waals surface area contributed by atoms with E-state index in [1.54, 1.807) is 12.4 Å². The number of ether oxygens (including phenoxy) is 2. The molecule has 1 aliphatic rings. The zero-order valence-corrected chi connectivity index (χ0v) is 14.9. The first kappa shape index (κ1) is 16.4. The Bertz CT molecular complexity index is 1150. The molecule has 3 aromatic carbocycles. The number of fused-ring (bicyclic) bond motifs is 2. The largest absolute Gasteiger partial charge is 0.485 e. The molecule has 1 unspecified atom stereocenters. The highest BCUT2D eigenvalue weighted by Crippen LogP contribution is 2.31. The Morgan fingerprint density at radius 3 is 2.57 bits per heavy atom. The maximum atomic E-state index is 12.5. The normalized spacial score (nSPS) is 15.4. The van der Waals surface area contributed by atoms with Crippen molar-refractivity contribution in [1.29, 1.82) is 0 Å². The fraction of sp³-hybridized carbons (Fsp3) is 0.0909. The van der Waals surface area contributed by atoms with Crippen molar-refractivity contribution in [1.82, 2.24) is 9.55 Å². The summed E-state index contributed by atoms with van der Waals surface area (Å²) < 4.78 is 13.4. The summed E-state index contributed by atoms with van der Waals surface area (Å²) in [6.45, 7) is 0.182. The number of aromatic nitrogens is 2. The van der Waals surface area contributed by atoms with Gasteiger partial charge in [-0.25, -0.2) is 4.98 Å². The average molecular weight is 371 g/mol. The zero-order chi connectivity index (χ0) is 18.9. The van der Waals surface area contributed by atoms with Crippen molar-refractivity contribution >= 4 is 22.6 Å². The molecular weight excluding hydrogens is 354 g/mol. The standard InChI is InChI=1S/C22H17N3O3/c26-22(21-13-27-19-7-3-4-8-20(19)28-21)24-15-9-11-16(12-10-15)25-14-23-17-5-1-2-6-18(17)25/h1-12,14,21H,13H2,(H,24,26). The van der Waals surface area contributed by atoms with Gasteiger partial charge in [0.2, 0.25) is 6.10 Å². The van der Waals surface area contributed by atoms with Gasteiger partial charge in [0.1, 0.15) is 12.9 Å². The average Bonchev–Trinajstić information content (AvgIpc) is 3.18. The Labute approximate surface area is 161 Å². The minimum absolute atomic E-state index is 0.182. The third-order valence-corrected chi connectivity index (χ3v) is 4.67. The topological polar surface area (TPSA) is 65.4 Å². The quantitative estimate of drug-likeness (QED) is 0.595. The van der Waals surface area contributed by atoms with Crippen LogP contribution in [0.4, 0.5) is 5.69 Å².